The van der Waals surface area contributed by atoms with Crippen molar-refractivity contribution in [2.75, 3.05) is 0 Å². The van der Waals surface area contributed by atoms with E-state index in [1.807, 2.05) is 0 Å². The maximum absolute atomic E-state index is 0. The maximum Gasteiger partial charge on any atom is 0 e. The van der Waals surface area contributed by atoms with Gasteiger partial charge in [0.05, 0.1) is 0 Å². The summed E-state index contributed by atoms with van der Waals surface area (Å²) in [6.45, 7) is 0. The number of hydrogen-bond donors (Lipinski definition) is 0. The molecule has 26 valence electrons. The largest absolute Gasteiger partial charge is 0 e. The average Bonchev–Trinajstić information content (AvgIpc) is 0. The zero-order chi connectivity index (χ0) is 0. The van der Waals surface area contributed by atoms with E-state index >= 15 is 0 Å². The first-order chi connectivity index (χ1) is 0. The van der Waals surface area contributed by atoms with Crippen molar-refractivity contribution in [1.29, 1.82) is 0 Å². The van der Waals surface area contributed by atoms with Gasteiger partial charge in [-0.2, -0.15) is 0 Å². The molecule has 0 aromatic heterocycles. The molecule has 0 aliphatic carbocycles. The van der Waals surface area contributed by atoms with Crippen molar-refractivity contribution >= 4 is 0 Å². The Kier molecular flexibility index (Phi) is 132. The third kappa shape index (κ3) is 8.82. The molecule has 0 amide bonds. The maximum atomic E-state index is 0. The Balaban J connectivity index is 0. The predicted octanol–water partition coefficient (Wildman–Crippen LogP) is -0.0100. The van der Waals surface area contributed by atoms with Gasteiger partial charge in [0.15, 0.2) is 0 Å². The molecule has 0 atom stereocenters. The van der Waals surface area contributed by atoms with Crippen molar-refractivity contribution in [2.45, 2.75) is 0 Å². The minimum Gasteiger partial charge on any atom is 0 e. The second-order valence-corrected chi connectivity index (χ2v) is 0. The fourth-order valence-electron chi connectivity index (χ4n) is 0. The van der Waals surface area contributed by atoms with Crippen LogP contribution in [-0.2, 0) is 82.4 Å². The van der Waals surface area contributed by atoms with Gasteiger partial charge < -0.3 is 0 Å². The molecule has 4 heteroatoms. The zero-order valence-electron chi connectivity index (χ0n) is 1.63. The number of hydrogen-bond acceptors (Lipinski definition) is 0. The smallest absolute Gasteiger partial charge is 0 e. The molecule has 0 unspecified atom stereocenters. The molecule has 0 saturated carbocycles. The second kappa shape index (κ2) is 17.4. The summed E-state index contributed by atoms with van der Waals surface area (Å²) in [5.41, 5.74) is 0. The summed E-state index contributed by atoms with van der Waals surface area (Å²) in [4.78, 5) is 0. The molecule has 2 radical (unpaired) electrons. The van der Waals surface area contributed by atoms with E-state index in [9.17, 15) is 0 Å². The van der Waals surface area contributed by atoms with Crippen LogP contribution in [0.25, 0.3) is 0 Å². The first-order valence-corrected chi connectivity index (χ1v) is 0. The van der Waals surface area contributed by atoms with Crippen molar-refractivity contribution in [2.24, 2.45) is 0 Å². The monoisotopic (exact) mass is 298 g/mol. The molecule has 0 spiro atoms. The van der Waals surface area contributed by atoms with Crippen molar-refractivity contribution in [3.8, 4) is 0 Å². The SMILES string of the molecule is [Co].[Fe].[Nb].[Zr]. The van der Waals surface area contributed by atoms with E-state index in [0.717, 1.165) is 0 Å². The van der Waals surface area contributed by atoms with Gasteiger partial charge in [-0.25, -0.2) is 0 Å². The van der Waals surface area contributed by atoms with Crippen LogP contribution in [0, 0.1) is 0 Å². The van der Waals surface area contributed by atoms with Crippen molar-refractivity contribution in [3.05, 3.63) is 0 Å². The topological polar surface area (TPSA) is 0 Å². The van der Waals surface area contributed by atoms with Gasteiger partial charge in [-0.15, -0.1) is 0 Å². The molecule has 0 aliphatic rings. The third-order valence-corrected chi connectivity index (χ3v) is 0. The summed E-state index contributed by atoms with van der Waals surface area (Å²) in [6, 6.07) is 0. The molecule has 0 aromatic rings. The van der Waals surface area contributed by atoms with Gasteiger partial charge in [0, 0.05) is 82.4 Å². The van der Waals surface area contributed by atoms with Crippen LogP contribution in [0.5, 0.6) is 0 Å². The fraction of sp³-hybridized carbons (Fsp3) is 0. The second-order valence-electron chi connectivity index (χ2n) is 0. The van der Waals surface area contributed by atoms with Crippen molar-refractivity contribution < 1.29 is 82.4 Å². The number of rotatable bonds is 0. The Morgan fingerprint density at radius 3 is 1.00 bits per heavy atom. The van der Waals surface area contributed by atoms with E-state index in [-0.39, 0.29) is 82.4 Å². The summed E-state index contributed by atoms with van der Waals surface area (Å²) in [7, 11) is 0. The summed E-state index contributed by atoms with van der Waals surface area (Å²) < 4.78 is 0. The third-order valence-electron chi connectivity index (χ3n) is 0. The van der Waals surface area contributed by atoms with Crippen LogP contribution in [0.2, 0.25) is 0 Å². The molecule has 4 heavy (non-hydrogen) atoms. The van der Waals surface area contributed by atoms with E-state index in [1.165, 1.54) is 0 Å². The van der Waals surface area contributed by atoms with Gasteiger partial charge in [0.2, 0.25) is 0 Å². The first kappa shape index (κ1) is 30.2. The van der Waals surface area contributed by atoms with Gasteiger partial charge in [0.1, 0.15) is 0 Å². The summed E-state index contributed by atoms with van der Waals surface area (Å²) in [5.74, 6) is 0. The van der Waals surface area contributed by atoms with Crippen LogP contribution in [0.4, 0.5) is 0 Å². The van der Waals surface area contributed by atoms with Crippen molar-refractivity contribution in [3.63, 3.8) is 0 Å². The van der Waals surface area contributed by atoms with Crippen LogP contribution in [0.3, 0.4) is 0 Å². The fourth-order valence-corrected chi connectivity index (χ4v) is 0. The van der Waals surface area contributed by atoms with Crippen LogP contribution in [0.1, 0.15) is 0 Å². The molecule has 0 N–H and O–H groups in total. The van der Waals surface area contributed by atoms with E-state index in [4.69, 9.17) is 0 Å². The minimum absolute atomic E-state index is 0. The quantitative estimate of drug-likeness (QED) is 0.552. The molecule has 0 saturated heterocycles. The minimum atomic E-state index is 0. The molecule has 0 rings (SSSR count). The summed E-state index contributed by atoms with van der Waals surface area (Å²) in [6.07, 6.45) is 0. The normalized spacial score (nSPS) is 0. The molecular weight excluding hydrogens is 299 g/mol. The average molecular weight is 299 g/mol. The van der Waals surface area contributed by atoms with Crippen LogP contribution >= 0.6 is 0 Å². The molecule has 0 bridgehead atoms. The van der Waals surface area contributed by atoms with Crippen LogP contribution < -0.4 is 0 Å². The Labute approximate surface area is 81.2 Å². The summed E-state index contributed by atoms with van der Waals surface area (Å²) in [5, 5.41) is 0. The van der Waals surface area contributed by atoms with Gasteiger partial charge in [0.25, 0.3) is 0 Å². The molecular formula is CoFeNbZr. The predicted molar refractivity (Wildman–Crippen MR) is 0 cm³/mol. The van der Waals surface area contributed by atoms with E-state index < -0.39 is 0 Å². The van der Waals surface area contributed by atoms with E-state index in [0.29, 0.717) is 0 Å². The van der Waals surface area contributed by atoms with Gasteiger partial charge in [-0.05, 0) is 0 Å². The van der Waals surface area contributed by atoms with E-state index in [1.54, 1.807) is 0 Å². The Bertz CT molecular complexity index is 8.00. The zero-order valence-corrected chi connectivity index (χ0v) is 8.44. The molecule has 0 heterocycles. The van der Waals surface area contributed by atoms with Crippen molar-refractivity contribution in [1.82, 2.24) is 0 Å². The van der Waals surface area contributed by atoms with Gasteiger partial charge in [-0.3, -0.25) is 0 Å². The standard InChI is InChI=1S/Co.Fe.Nb.Zr. The van der Waals surface area contributed by atoms with Gasteiger partial charge >= 0.3 is 0 Å². The Hall–Kier alpha value is 2.65. The summed E-state index contributed by atoms with van der Waals surface area (Å²) >= 11 is 0. The Morgan fingerprint density at radius 2 is 1.00 bits per heavy atom. The molecule has 0 aromatic carbocycles. The Morgan fingerprint density at radius 1 is 1.00 bits per heavy atom. The van der Waals surface area contributed by atoms with Crippen LogP contribution in [0.15, 0.2) is 0 Å². The van der Waals surface area contributed by atoms with E-state index in [2.05, 4.69) is 0 Å². The first-order valence-electron chi connectivity index (χ1n) is 0. The molecule has 0 nitrogen and oxygen atoms in total. The molecule has 0 fully saturated rings. The van der Waals surface area contributed by atoms with Gasteiger partial charge in [-0.1, -0.05) is 0 Å². The molecule has 0 aliphatic heterocycles. The van der Waals surface area contributed by atoms with Crippen LogP contribution in [-0.4, -0.2) is 0 Å².